The van der Waals surface area contributed by atoms with Crippen molar-refractivity contribution in [2.45, 2.75) is 49.4 Å². The van der Waals surface area contributed by atoms with Crippen LogP contribution in [0.15, 0.2) is 23.4 Å². The summed E-state index contributed by atoms with van der Waals surface area (Å²) in [6, 6.07) is 2.56. The zero-order chi connectivity index (χ0) is 20.0. The monoisotopic (exact) mass is 416 g/mol. The standard InChI is InChI=1S/C18H20F4N4OS/c1-28-18-24-14-6-25(7-15(14)26(18)17(21)22)10-5-13(23)16(27-8-10)11-4-9(19)2-3-12(11)20/h2-4,10,13,16-17H,5-8,23H2,1H3/t10?,13?,16-/m1/s1. The Labute approximate surface area is 163 Å². The predicted molar refractivity (Wildman–Crippen MR) is 95.9 cm³/mol. The molecule has 3 heterocycles. The average Bonchev–Trinajstić information content (AvgIpc) is 3.21. The molecule has 0 aliphatic carbocycles. The fourth-order valence-corrected chi connectivity index (χ4v) is 4.57. The summed E-state index contributed by atoms with van der Waals surface area (Å²) in [5, 5.41) is 0.304. The molecule has 0 amide bonds. The molecule has 2 aliphatic heterocycles. The first-order chi connectivity index (χ1) is 13.4. The highest BCUT2D eigenvalue weighted by Crippen LogP contribution is 2.36. The van der Waals surface area contributed by atoms with Gasteiger partial charge in [-0.15, -0.1) is 0 Å². The Hall–Kier alpha value is -1.62. The molecule has 2 N–H and O–H groups in total. The molecule has 152 valence electrons. The highest BCUT2D eigenvalue weighted by atomic mass is 32.2. The number of hydrogen-bond acceptors (Lipinski definition) is 5. The number of alkyl halides is 2. The minimum Gasteiger partial charge on any atom is -0.370 e. The van der Waals surface area contributed by atoms with Gasteiger partial charge < -0.3 is 10.5 Å². The first-order valence-corrected chi connectivity index (χ1v) is 10.1. The van der Waals surface area contributed by atoms with Crippen LogP contribution >= 0.6 is 11.8 Å². The number of benzene rings is 1. The van der Waals surface area contributed by atoms with Gasteiger partial charge in [0.05, 0.1) is 18.0 Å². The lowest BCUT2D eigenvalue weighted by Crippen LogP contribution is -2.47. The van der Waals surface area contributed by atoms with Crippen molar-refractivity contribution in [3.63, 3.8) is 0 Å². The molecule has 28 heavy (non-hydrogen) atoms. The van der Waals surface area contributed by atoms with Crippen molar-refractivity contribution in [3.05, 3.63) is 46.8 Å². The Kier molecular flexibility index (Phi) is 5.38. The minimum atomic E-state index is -2.65. The number of halogens is 4. The fourth-order valence-electron chi connectivity index (χ4n) is 3.98. The van der Waals surface area contributed by atoms with Crippen LogP contribution in [-0.4, -0.2) is 39.4 Å². The lowest BCUT2D eigenvalue weighted by atomic mass is 9.93. The largest absolute Gasteiger partial charge is 0.370 e. The fraction of sp³-hybridized carbons (Fsp3) is 0.500. The molecular weight excluding hydrogens is 396 g/mol. The number of imidazole rings is 1. The third-order valence-electron chi connectivity index (χ3n) is 5.33. The van der Waals surface area contributed by atoms with Crippen molar-refractivity contribution < 1.29 is 22.3 Å². The van der Waals surface area contributed by atoms with E-state index in [1.807, 2.05) is 4.90 Å². The van der Waals surface area contributed by atoms with Crippen LogP contribution in [0.3, 0.4) is 0 Å². The van der Waals surface area contributed by atoms with Crippen molar-refractivity contribution in [1.29, 1.82) is 0 Å². The molecule has 0 spiro atoms. The maximum Gasteiger partial charge on any atom is 0.320 e. The number of rotatable bonds is 4. The highest BCUT2D eigenvalue weighted by molar-refractivity contribution is 7.98. The van der Waals surface area contributed by atoms with Crippen LogP contribution in [0.5, 0.6) is 0 Å². The lowest BCUT2D eigenvalue weighted by molar-refractivity contribution is -0.0541. The summed E-state index contributed by atoms with van der Waals surface area (Å²) in [4.78, 5) is 6.32. The van der Waals surface area contributed by atoms with Gasteiger partial charge in [0, 0.05) is 30.7 Å². The Balaban J connectivity index is 1.47. The number of ether oxygens (including phenoxy) is 1. The molecule has 5 nitrogen and oxygen atoms in total. The second-order valence-corrected chi connectivity index (χ2v) is 7.79. The number of nitrogens with two attached hydrogens (primary N) is 1. The average molecular weight is 416 g/mol. The normalized spacial score (nSPS) is 25.5. The van der Waals surface area contributed by atoms with E-state index >= 15 is 0 Å². The maximum atomic E-state index is 14.1. The zero-order valence-corrected chi connectivity index (χ0v) is 15.9. The van der Waals surface area contributed by atoms with Crippen LogP contribution in [-0.2, 0) is 17.8 Å². The molecule has 0 bridgehead atoms. The van der Waals surface area contributed by atoms with Gasteiger partial charge in [-0.2, -0.15) is 8.78 Å². The van der Waals surface area contributed by atoms with Gasteiger partial charge in [-0.3, -0.25) is 9.47 Å². The lowest BCUT2D eigenvalue weighted by Gasteiger charge is -2.38. The number of thioether (sulfide) groups is 1. The molecule has 0 radical (unpaired) electrons. The summed E-state index contributed by atoms with van der Waals surface area (Å²) in [7, 11) is 0. The first-order valence-electron chi connectivity index (χ1n) is 8.87. The molecule has 10 heteroatoms. The van der Waals surface area contributed by atoms with Gasteiger partial charge >= 0.3 is 6.55 Å². The quantitative estimate of drug-likeness (QED) is 0.611. The summed E-state index contributed by atoms with van der Waals surface area (Å²) >= 11 is 1.19. The molecule has 2 unspecified atom stereocenters. The van der Waals surface area contributed by atoms with Crippen LogP contribution in [0.25, 0.3) is 0 Å². The van der Waals surface area contributed by atoms with Crippen molar-refractivity contribution in [2.24, 2.45) is 5.73 Å². The molecule has 1 aromatic carbocycles. The minimum absolute atomic E-state index is 0.103. The summed E-state index contributed by atoms with van der Waals surface area (Å²) in [6.07, 6.45) is 1.45. The van der Waals surface area contributed by atoms with Gasteiger partial charge in [0.25, 0.3) is 0 Å². The summed E-state index contributed by atoms with van der Waals surface area (Å²) in [5.74, 6) is -1.11. The van der Waals surface area contributed by atoms with Crippen molar-refractivity contribution in [3.8, 4) is 0 Å². The molecule has 1 aromatic heterocycles. The second kappa shape index (κ2) is 7.66. The topological polar surface area (TPSA) is 56.3 Å². The summed E-state index contributed by atoms with van der Waals surface area (Å²) in [6.45, 7) is -1.64. The van der Waals surface area contributed by atoms with E-state index in [9.17, 15) is 17.6 Å². The van der Waals surface area contributed by atoms with Gasteiger partial charge in [0.15, 0.2) is 5.16 Å². The van der Waals surface area contributed by atoms with Crippen LogP contribution in [0.1, 0.15) is 36.0 Å². The van der Waals surface area contributed by atoms with Gasteiger partial charge in [0.1, 0.15) is 17.7 Å². The molecule has 1 saturated heterocycles. The molecule has 4 rings (SSSR count). The number of fused-ring (bicyclic) bond motifs is 1. The van der Waals surface area contributed by atoms with E-state index in [2.05, 4.69) is 4.98 Å². The molecule has 1 fully saturated rings. The summed E-state index contributed by atoms with van der Waals surface area (Å²) in [5.41, 5.74) is 7.45. The van der Waals surface area contributed by atoms with E-state index in [-0.39, 0.29) is 18.2 Å². The van der Waals surface area contributed by atoms with Gasteiger partial charge in [-0.05, 0) is 30.9 Å². The van der Waals surface area contributed by atoms with E-state index < -0.39 is 30.3 Å². The van der Waals surface area contributed by atoms with Gasteiger partial charge in [0.2, 0.25) is 0 Å². The zero-order valence-electron chi connectivity index (χ0n) is 15.1. The Morgan fingerprint density at radius 2 is 2.07 bits per heavy atom. The third-order valence-corrected chi connectivity index (χ3v) is 5.98. The number of nitrogens with zero attached hydrogens (tertiary/aromatic N) is 3. The van der Waals surface area contributed by atoms with Crippen LogP contribution in [0.2, 0.25) is 0 Å². The number of hydrogen-bond donors (Lipinski definition) is 1. The number of aromatic nitrogens is 2. The third kappa shape index (κ3) is 3.42. The smallest absolute Gasteiger partial charge is 0.320 e. The molecule has 0 saturated carbocycles. The maximum absolute atomic E-state index is 14.1. The highest BCUT2D eigenvalue weighted by Gasteiger charge is 2.38. The van der Waals surface area contributed by atoms with Crippen molar-refractivity contribution in [2.75, 3.05) is 12.9 Å². The second-order valence-electron chi connectivity index (χ2n) is 7.02. The van der Waals surface area contributed by atoms with E-state index in [4.69, 9.17) is 10.5 Å². The van der Waals surface area contributed by atoms with E-state index in [1.165, 1.54) is 11.8 Å². The van der Waals surface area contributed by atoms with Gasteiger partial charge in [-0.1, -0.05) is 11.8 Å². The SMILES string of the molecule is CSc1nc2c(n1C(F)F)CN(C1CO[C@H](c3cc(F)ccc3F)C(N)C1)C2. The Morgan fingerprint density at radius 3 is 2.75 bits per heavy atom. The van der Waals surface area contributed by atoms with Gasteiger partial charge in [-0.25, -0.2) is 13.8 Å². The van der Waals surface area contributed by atoms with Crippen molar-refractivity contribution in [1.82, 2.24) is 14.5 Å². The molecular formula is C18H20F4N4OS. The van der Waals surface area contributed by atoms with E-state index in [0.29, 0.717) is 36.1 Å². The molecule has 2 aliphatic rings. The Bertz CT molecular complexity index is 878. The van der Waals surface area contributed by atoms with Crippen LogP contribution in [0, 0.1) is 11.6 Å². The Morgan fingerprint density at radius 1 is 1.29 bits per heavy atom. The molecule has 3 atom stereocenters. The predicted octanol–water partition coefficient (Wildman–Crippen LogP) is 3.45. The van der Waals surface area contributed by atoms with E-state index in [0.717, 1.165) is 22.8 Å². The van der Waals surface area contributed by atoms with E-state index in [1.54, 1.807) is 6.26 Å². The van der Waals surface area contributed by atoms with Crippen molar-refractivity contribution >= 4 is 11.8 Å². The van der Waals surface area contributed by atoms with Crippen LogP contribution in [0.4, 0.5) is 17.6 Å². The molecule has 2 aromatic rings. The van der Waals surface area contributed by atoms with Crippen LogP contribution < -0.4 is 5.73 Å². The summed E-state index contributed by atoms with van der Waals surface area (Å²) < 4.78 is 61.1. The first kappa shape index (κ1) is 19.7.